The molecule has 1 saturated heterocycles. The highest BCUT2D eigenvalue weighted by Crippen LogP contribution is 2.47. The average molecular weight is 166 g/mol. The normalized spacial score (nSPS) is 38.4. The minimum absolute atomic E-state index is 0.0159. The highest BCUT2D eigenvalue weighted by Gasteiger charge is 2.48. The molecule has 2 nitrogen and oxygen atoms in total. The third kappa shape index (κ3) is 0.977. The lowest BCUT2D eigenvalue weighted by Gasteiger charge is -2.24. The van der Waals surface area contributed by atoms with E-state index in [-0.39, 0.29) is 17.5 Å². The van der Waals surface area contributed by atoms with E-state index in [0.29, 0.717) is 6.42 Å². The van der Waals surface area contributed by atoms with Crippen molar-refractivity contribution in [2.75, 3.05) is 0 Å². The van der Waals surface area contributed by atoms with E-state index in [1.807, 2.05) is 6.08 Å². The molecule has 0 aromatic rings. The Bertz CT molecular complexity index is 232. The molecule has 0 radical (unpaired) electrons. The molecular weight excluding hydrogens is 152 g/mol. The van der Waals surface area contributed by atoms with Crippen molar-refractivity contribution >= 4 is 5.97 Å². The fraction of sp³-hybridized carbons (Fsp3) is 0.700. The molecule has 1 heterocycles. The zero-order valence-corrected chi connectivity index (χ0v) is 7.38. The first-order chi connectivity index (χ1) is 5.77. The van der Waals surface area contributed by atoms with E-state index in [1.54, 1.807) is 0 Å². The van der Waals surface area contributed by atoms with Crippen molar-refractivity contribution < 1.29 is 9.53 Å². The van der Waals surface area contributed by atoms with Gasteiger partial charge < -0.3 is 4.74 Å². The fourth-order valence-corrected chi connectivity index (χ4v) is 2.39. The zero-order valence-electron chi connectivity index (χ0n) is 7.38. The van der Waals surface area contributed by atoms with Crippen LogP contribution in [0.15, 0.2) is 12.2 Å². The van der Waals surface area contributed by atoms with Gasteiger partial charge in [-0.15, -0.1) is 0 Å². The second kappa shape index (κ2) is 2.61. The number of fused-ring (bicyclic) bond motifs is 1. The molecule has 12 heavy (non-hydrogen) atoms. The van der Waals surface area contributed by atoms with E-state index in [4.69, 9.17) is 4.74 Å². The summed E-state index contributed by atoms with van der Waals surface area (Å²) in [7, 11) is 0. The van der Waals surface area contributed by atoms with E-state index in [2.05, 4.69) is 13.0 Å². The Labute approximate surface area is 72.6 Å². The molecule has 0 spiro atoms. The molecular formula is C10H14O2. The van der Waals surface area contributed by atoms with Gasteiger partial charge in [0.15, 0.2) is 0 Å². The van der Waals surface area contributed by atoms with Gasteiger partial charge in [-0.05, 0) is 18.9 Å². The second-order valence-corrected chi connectivity index (χ2v) is 3.83. The van der Waals surface area contributed by atoms with Crippen LogP contribution in [-0.2, 0) is 9.53 Å². The van der Waals surface area contributed by atoms with Crippen LogP contribution in [0.5, 0.6) is 0 Å². The first-order valence-electron chi connectivity index (χ1n) is 4.63. The number of esters is 1. The molecule has 1 aliphatic carbocycles. The van der Waals surface area contributed by atoms with Gasteiger partial charge in [0.1, 0.15) is 6.10 Å². The summed E-state index contributed by atoms with van der Waals surface area (Å²) in [6.07, 6.45) is 8.17. The van der Waals surface area contributed by atoms with Gasteiger partial charge in [-0.2, -0.15) is 0 Å². The molecule has 2 atom stereocenters. The molecule has 0 unspecified atom stereocenters. The molecule has 2 aliphatic rings. The third-order valence-corrected chi connectivity index (χ3v) is 2.94. The number of rotatable bonds is 2. The highest BCUT2D eigenvalue weighted by atomic mass is 16.6. The molecule has 0 saturated carbocycles. The minimum Gasteiger partial charge on any atom is -0.457 e. The maximum Gasteiger partial charge on any atom is 0.307 e. The van der Waals surface area contributed by atoms with Gasteiger partial charge in [0.2, 0.25) is 0 Å². The lowest BCUT2D eigenvalue weighted by molar-refractivity contribution is -0.140. The minimum atomic E-state index is -0.0159. The van der Waals surface area contributed by atoms with E-state index < -0.39 is 0 Å². The second-order valence-electron chi connectivity index (χ2n) is 3.83. The lowest BCUT2D eigenvalue weighted by Crippen LogP contribution is -2.24. The van der Waals surface area contributed by atoms with E-state index >= 15 is 0 Å². The topological polar surface area (TPSA) is 26.3 Å². The first-order valence-corrected chi connectivity index (χ1v) is 4.63. The number of hydrogen-bond donors (Lipinski definition) is 0. The van der Waals surface area contributed by atoms with Crippen LogP contribution in [0.25, 0.3) is 0 Å². The van der Waals surface area contributed by atoms with Gasteiger partial charge in [-0.1, -0.05) is 19.4 Å². The fourth-order valence-electron chi connectivity index (χ4n) is 2.39. The molecule has 0 amide bonds. The Hall–Kier alpha value is -0.790. The van der Waals surface area contributed by atoms with Crippen LogP contribution < -0.4 is 0 Å². The van der Waals surface area contributed by atoms with Gasteiger partial charge in [0, 0.05) is 5.41 Å². The van der Waals surface area contributed by atoms with Crippen LogP contribution in [0.3, 0.4) is 0 Å². The number of carbonyl (C=O) groups is 1. The number of carbonyl (C=O) groups excluding carboxylic acids is 1. The summed E-state index contributed by atoms with van der Waals surface area (Å²) in [5, 5.41) is 0. The predicted molar refractivity (Wildman–Crippen MR) is 45.6 cm³/mol. The maximum atomic E-state index is 11.1. The van der Waals surface area contributed by atoms with Crippen molar-refractivity contribution in [1.82, 2.24) is 0 Å². The van der Waals surface area contributed by atoms with E-state index in [9.17, 15) is 4.79 Å². The van der Waals surface area contributed by atoms with Crippen molar-refractivity contribution in [3.63, 3.8) is 0 Å². The van der Waals surface area contributed by atoms with Crippen LogP contribution in [0.2, 0.25) is 0 Å². The van der Waals surface area contributed by atoms with Gasteiger partial charge in [0.05, 0.1) is 6.42 Å². The van der Waals surface area contributed by atoms with Gasteiger partial charge >= 0.3 is 5.97 Å². The van der Waals surface area contributed by atoms with Crippen LogP contribution in [0.4, 0.5) is 0 Å². The Morgan fingerprint density at radius 1 is 1.75 bits per heavy atom. The molecule has 2 heteroatoms. The van der Waals surface area contributed by atoms with Gasteiger partial charge in [-0.25, -0.2) is 0 Å². The van der Waals surface area contributed by atoms with Crippen LogP contribution in [0.1, 0.15) is 32.6 Å². The molecule has 0 aromatic heterocycles. The van der Waals surface area contributed by atoms with E-state index in [0.717, 1.165) is 19.3 Å². The van der Waals surface area contributed by atoms with Crippen LogP contribution >= 0.6 is 0 Å². The number of hydrogen-bond acceptors (Lipinski definition) is 2. The summed E-state index contributed by atoms with van der Waals surface area (Å²) in [6.45, 7) is 2.16. The summed E-state index contributed by atoms with van der Waals surface area (Å²) in [6, 6.07) is 0. The van der Waals surface area contributed by atoms with Gasteiger partial charge in [0.25, 0.3) is 0 Å². The Morgan fingerprint density at radius 3 is 3.33 bits per heavy atom. The molecule has 1 aliphatic heterocycles. The van der Waals surface area contributed by atoms with Crippen LogP contribution in [0, 0.1) is 5.41 Å². The molecule has 2 rings (SSSR count). The number of allylic oxidation sites excluding steroid dienone is 1. The summed E-state index contributed by atoms with van der Waals surface area (Å²) < 4.78 is 5.22. The summed E-state index contributed by atoms with van der Waals surface area (Å²) in [5.41, 5.74) is 0.145. The van der Waals surface area contributed by atoms with Crippen molar-refractivity contribution in [3.05, 3.63) is 12.2 Å². The molecule has 0 N–H and O–H groups in total. The highest BCUT2D eigenvalue weighted by molar-refractivity contribution is 5.74. The maximum absolute atomic E-state index is 11.1. The standard InChI is InChI=1S/C10H14O2/c1-2-5-10-6-3-4-8(10)12-9(11)7-10/h3-4,8H,2,5-7H2,1H3/t8-,10-/m0/s1. The van der Waals surface area contributed by atoms with Gasteiger partial charge in [-0.3, -0.25) is 4.79 Å². The average Bonchev–Trinajstić information content (AvgIpc) is 2.44. The van der Waals surface area contributed by atoms with Crippen molar-refractivity contribution in [3.8, 4) is 0 Å². The first kappa shape index (κ1) is 7.84. The molecule has 1 fully saturated rings. The predicted octanol–water partition coefficient (Wildman–Crippen LogP) is 2.05. The molecule has 0 bridgehead atoms. The zero-order chi connectivity index (χ0) is 8.60. The van der Waals surface area contributed by atoms with Crippen LogP contribution in [-0.4, -0.2) is 12.1 Å². The monoisotopic (exact) mass is 166 g/mol. The largest absolute Gasteiger partial charge is 0.457 e. The smallest absolute Gasteiger partial charge is 0.307 e. The summed E-state index contributed by atoms with van der Waals surface area (Å²) in [5.74, 6) is -0.0159. The summed E-state index contributed by atoms with van der Waals surface area (Å²) in [4.78, 5) is 11.1. The Morgan fingerprint density at radius 2 is 2.58 bits per heavy atom. The van der Waals surface area contributed by atoms with E-state index in [1.165, 1.54) is 0 Å². The SMILES string of the molecule is CCC[C@@]12CC=C[C@@H]1OC(=O)C2. The van der Waals surface area contributed by atoms with Crippen molar-refractivity contribution in [2.45, 2.75) is 38.7 Å². The lowest BCUT2D eigenvalue weighted by atomic mass is 9.78. The Kier molecular flexibility index (Phi) is 1.71. The number of ether oxygens (including phenoxy) is 1. The molecule has 66 valence electrons. The van der Waals surface area contributed by atoms with Crippen molar-refractivity contribution in [1.29, 1.82) is 0 Å². The quantitative estimate of drug-likeness (QED) is 0.463. The Balaban J connectivity index is 2.18. The summed E-state index contributed by atoms with van der Waals surface area (Å²) >= 11 is 0. The molecule has 0 aromatic carbocycles. The third-order valence-electron chi connectivity index (χ3n) is 2.94. The van der Waals surface area contributed by atoms with Crippen molar-refractivity contribution in [2.24, 2.45) is 5.41 Å².